The summed E-state index contributed by atoms with van der Waals surface area (Å²) >= 11 is 0. The van der Waals surface area contributed by atoms with Crippen molar-refractivity contribution in [3.05, 3.63) is 0 Å². The van der Waals surface area contributed by atoms with Crippen molar-refractivity contribution in [1.82, 2.24) is 14.7 Å². The normalized spacial score (nSPS) is 17.3. The molecule has 0 saturated carbocycles. The molecule has 0 N–H and O–H groups in total. The Balaban J connectivity index is 4.95. The van der Waals surface area contributed by atoms with Crippen LogP contribution in [-0.4, -0.2) is 70.1 Å². The van der Waals surface area contributed by atoms with E-state index in [-0.39, 0.29) is 16.6 Å². The first kappa shape index (κ1) is 28.9. The molecule has 0 radical (unpaired) electrons. The third-order valence-electron chi connectivity index (χ3n) is 7.92. The predicted octanol–water partition coefficient (Wildman–Crippen LogP) is 6.66. The van der Waals surface area contributed by atoms with Crippen LogP contribution in [0.15, 0.2) is 0 Å². The Morgan fingerprint density at radius 2 is 1.07 bits per heavy atom. The zero-order valence-corrected chi connectivity index (χ0v) is 22.8. The molecule has 0 bridgehead atoms. The van der Waals surface area contributed by atoms with E-state index < -0.39 is 0 Å². The van der Waals surface area contributed by atoms with Gasteiger partial charge >= 0.3 is 0 Å². The van der Waals surface area contributed by atoms with Crippen molar-refractivity contribution in [3.8, 4) is 0 Å². The number of nitrogens with zero attached hydrogens (tertiary/aromatic N) is 3. The molecule has 0 spiro atoms. The van der Waals surface area contributed by atoms with Crippen LogP contribution >= 0.6 is 0 Å². The highest BCUT2D eigenvalue weighted by Crippen LogP contribution is 2.30. The lowest BCUT2D eigenvalue weighted by molar-refractivity contribution is 0.0397. The SMILES string of the molecule is CCC(C)N(C)C(C)(C)CCC(C)N(CC)C(C)(C)CCC(C)N(C)C(C)(C)C. The Kier molecular flexibility index (Phi) is 11.4. The maximum absolute atomic E-state index is 2.75. The van der Waals surface area contributed by atoms with Gasteiger partial charge in [-0.3, -0.25) is 14.7 Å². The van der Waals surface area contributed by atoms with Crippen molar-refractivity contribution in [2.24, 2.45) is 0 Å². The van der Waals surface area contributed by atoms with Gasteiger partial charge in [-0.2, -0.15) is 0 Å². The molecule has 0 aromatic carbocycles. The van der Waals surface area contributed by atoms with Gasteiger partial charge in [0.2, 0.25) is 0 Å². The molecule has 3 unspecified atom stereocenters. The fourth-order valence-corrected chi connectivity index (χ4v) is 4.66. The van der Waals surface area contributed by atoms with Gasteiger partial charge < -0.3 is 0 Å². The predicted molar refractivity (Wildman–Crippen MR) is 133 cm³/mol. The average Bonchev–Trinajstić information content (AvgIpc) is 2.62. The van der Waals surface area contributed by atoms with Crippen LogP contribution in [0, 0.1) is 0 Å². The van der Waals surface area contributed by atoms with Gasteiger partial charge in [-0.25, -0.2) is 0 Å². The first-order valence-electron chi connectivity index (χ1n) is 12.2. The van der Waals surface area contributed by atoms with E-state index in [1.165, 1.54) is 32.1 Å². The van der Waals surface area contributed by atoms with Crippen LogP contribution in [0.5, 0.6) is 0 Å². The monoisotopic (exact) mass is 411 g/mol. The minimum atomic E-state index is 0.230. The van der Waals surface area contributed by atoms with E-state index >= 15 is 0 Å². The van der Waals surface area contributed by atoms with Crippen LogP contribution in [0.3, 0.4) is 0 Å². The van der Waals surface area contributed by atoms with Crippen LogP contribution < -0.4 is 0 Å². The summed E-state index contributed by atoms with van der Waals surface area (Å²) in [7, 11) is 4.57. The fourth-order valence-electron chi connectivity index (χ4n) is 4.66. The van der Waals surface area contributed by atoms with Crippen molar-refractivity contribution < 1.29 is 0 Å². The third-order valence-corrected chi connectivity index (χ3v) is 7.92. The van der Waals surface area contributed by atoms with Gasteiger partial charge in [-0.15, -0.1) is 0 Å². The summed E-state index contributed by atoms with van der Waals surface area (Å²) in [6.07, 6.45) is 6.19. The molecular weight excluding hydrogens is 354 g/mol. The van der Waals surface area contributed by atoms with E-state index in [4.69, 9.17) is 0 Å². The molecule has 3 atom stereocenters. The second-order valence-electron chi connectivity index (χ2n) is 11.8. The van der Waals surface area contributed by atoms with Gasteiger partial charge in [0.1, 0.15) is 0 Å². The molecule has 29 heavy (non-hydrogen) atoms. The number of rotatable bonds is 13. The summed E-state index contributed by atoms with van der Waals surface area (Å²) in [4.78, 5) is 7.84. The summed E-state index contributed by atoms with van der Waals surface area (Å²) in [5.74, 6) is 0. The molecule has 0 amide bonds. The highest BCUT2D eigenvalue weighted by Gasteiger charge is 2.33. The molecule has 3 heteroatoms. The van der Waals surface area contributed by atoms with Gasteiger partial charge in [-0.1, -0.05) is 13.8 Å². The largest absolute Gasteiger partial charge is 0.299 e. The Bertz CT molecular complexity index is 449. The Labute approximate surface area is 185 Å². The highest BCUT2D eigenvalue weighted by atomic mass is 15.2. The summed E-state index contributed by atoms with van der Waals surface area (Å²) in [6, 6.07) is 1.85. The third kappa shape index (κ3) is 8.87. The molecule has 0 rings (SSSR count). The first-order valence-corrected chi connectivity index (χ1v) is 12.2. The average molecular weight is 412 g/mol. The minimum absolute atomic E-state index is 0.230. The van der Waals surface area contributed by atoms with Gasteiger partial charge in [-0.05, 0) is 122 Å². The van der Waals surface area contributed by atoms with Crippen molar-refractivity contribution in [3.63, 3.8) is 0 Å². The van der Waals surface area contributed by atoms with E-state index in [1.54, 1.807) is 0 Å². The van der Waals surface area contributed by atoms with Crippen LogP contribution in [0.4, 0.5) is 0 Å². The summed E-state index contributed by atoms with van der Waals surface area (Å²) in [5.41, 5.74) is 0.708. The standard InChI is InChI=1S/C26H57N3/c1-15-21(3)28(14)25(9,10)19-18-23(5)29(16-2)26(11,12)20-17-22(4)27(13)24(6,7)8/h21-23H,15-20H2,1-14H3. The molecule has 0 aromatic rings. The second-order valence-corrected chi connectivity index (χ2v) is 11.8. The first-order chi connectivity index (χ1) is 13.0. The van der Waals surface area contributed by atoms with Crippen molar-refractivity contribution in [2.75, 3.05) is 20.6 Å². The van der Waals surface area contributed by atoms with Crippen LogP contribution in [0.25, 0.3) is 0 Å². The van der Waals surface area contributed by atoms with E-state index in [1.807, 2.05) is 0 Å². The molecule has 3 nitrogen and oxygen atoms in total. The molecule has 0 aromatic heterocycles. The lowest BCUT2D eigenvalue weighted by Crippen LogP contribution is -2.51. The van der Waals surface area contributed by atoms with Gasteiger partial charge in [0, 0.05) is 34.7 Å². The van der Waals surface area contributed by atoms with Crippen LogP contribution in [0.1, 0.15) is 115 Å². The molecule has 0 heterocycles. The minimum Gasteiger partial charge on any atom is -0.299 e. The maximum atomic E-state index is 2.75. The molecule has 0 aliphatic rings. The molecule has 0 saturated heterocycles. The van der Waals surface area contributed by atoms with E-state index in [0.29, 0.717) is 18.1 Å². The Morgan fingerprint density at radius 1 is 0.621 bits per heavy atom. The van der Waals surface area contributed by atoms with Crippen molar-refractivity contribution in [2.45, 2.75) is 150 Å². The Morgan fingerprint density at radius 3 is 1.48 bits per heavy atom. The van der Waals surface area contributed by atoms with E-state index in [9.17, 15) is 0 Å². The van der Waals surface area contributed by atoms with Crippen LogP contribution in [-0.2, 0) is 0 Å². The van der Waals surface area contributed by atoms with Gasteiger partial charge in [0.05, 0.1) is 0 Å². The van der Waals surface area contributed by atoms with E-state index in [2.05, 4.69) is 112 Å². The second kappa shape index (κ2) is 11.5. The number of hydrogen-bond donors (Lipinski definition) is 0. The van der Waals surface area contributed by atoms with Gasteiger partial charge in [0.15, 0.2) is 0 Å². The topological polar surface area (TPSA) is 9.72 Å². The van der Waals surface area contributed by atoms with Crippen molar-refractivity contribution >= 4 is 0 Å². The highest BCUT2D eigenvalue weighted by molar-refractivity contribution is 4.89. The summed E-state index contributed by atoms with van der Waals surface area (Å²) in [5, 5.41) is 0. The fraction of sp³-hybridized carbons (Fsp3) is 1.00. The lowest BCUT2D eigenvalue weighted by Gasteiger charge is -2.46. The molecule has 0 aliphatic heterocycles. The van der Waals surface area contributed by atoms with Crippen LogP contribution in [0.2, 0.25) is 0 Å². The lowest BCUT2D eigenvalue weighted by atomic mass is 9.88. The maximum Gasteiger partial charge on any atom is 0.0156 e. The molecule has 0 fully saturated rings. The van der Waals surface area contributed by atoms with Gasteiger partial charge in [0.25, 0.3) is 0 Å². The zero-order chi connectivity index (χ0) is 23.2. The summed E-state index contributed by atoms with van der Waals surface area (Å²) < 4.78 is 0. The molecule has 176 valence electrons. The van der Waals surface area contributed by atoms with E-state index in [0.717, 1.165) is 6.54 Å². The number of hydrogen-bond acceptors (Lipinski definition) is 3. The zero-order valence-electron chi connectivity index (χ0n) is 22.8. The summed E-state index contributed by atoms with van der Waals surface area (Å²) in [6.45, 7) is 29.6. The smallest absolute Gasteiger partial charge is 0.0156 e. The molecule has 0 aliphatic carbocycles. The molecular formula is C26H57N3. The Hall–Kier alpha value is -0.120. The quantitative estimate of drug-likeness (QED) is 0.335. The van der Waals surface area contributed by atoms with Crippen molar-refractivity contribution in [1.29, 1.82) is 0 Å².